The number of rotatable bonds is 8. The van der Waals surface area contributed by atoms with Crippen LogP contribution in [0.1, 0.15) is 29.8 Å². The van der Waals surface area contributed by atoms with Crippen LogP contribution in [-0.4, -0.2) is 35.6 Å². The molecule has 0 fully saturated rings. The lowest BCUT2D eigenvalue weighted by Gasteiger charge is -2.18. The molecule has 0 aromatic heterocycles. The van der Waals surface area contributed by atoms with Crippen LogP contribution in [0, 0.1) is 0 Å². The molecule has 0 heterocycles. The molecule has 27 heavy (non-hydrogen) atoms. The third kappa shape index (κ3) is 6.45. The fourth-order valence-corrected chi connectivity index (χ4v) is 3.86. The standard InChI is InChI=1S/C20H22Cl2N2O2S/c1-3-24(4-2)20(26)14-6-9-17(10-7-14)23-19(25)13-27-12-15-5-8-16(21)11-18(15)22/h5-11H,3-4,12-13H2,1-2H3,(H,23,25). The molecule has 0 bridgehead atoms. The number of halogens is 2. The lowest BCUT2D eigenvalue weighted by atomic mass is 10.2. The predicted octanol–water partition coefficient (Wildman–Crippen LogP) is 5.35. The van der Waals surface area contributed by atoms with Crippen molar-refractivity contribution in [3.63, 3.8) is 0 Å². The first kappa shape index (κ1) is 21.6. The van der Waals surface area contributed by atoms with Crippen molar-refractivity contribution in [2.75, 3.05) is 24.2 Å². The number of nitrogens with zero attached hydrogens (tertiary/aromatic N) is 1. The van der Waals surface area contributed by atoms with Gasteiger partial charge in [-0.15, -0.1) is 11.8 Å². The average molecular weight is 425 g/mol. The Labute approximate surface area is 174 Å². The van der Waals surface area contributed by atoms with Gasteiger partial charge in [-0.25, -0.2) is 0 Å². The zero-order chi connectivity index (χ0) is 19.8. The van der Waals surface area contributed by atoms with Crippen molar-refractivity contribution in [2.24, 2.45) is 0 Å². The number of carbonyl (C=O) groups is 2. The van der Waals surface area contributed by atoms with Crippen LogP contribution in [0.3, 0.4) is 0 Å². The Kier molecular flexibility index (Phi) is 8.48. The van der Waals surface area contributed by atoms with Crippen LogP contribution in [0.25, 0.3) is 0 Å². The van der Waals surface area contributed by atoms with Gasteiger partial charge in [0, 0.05) is 40.1 Å². The average Bonchev–Trinajstić information content (AvgIpc) is 2.65. The van der Waals surface area contributed by atoms with Gasteiger partial charge in [-0.05, 0) is 55.8 Å². The van der Waals surface area contributed by atoms with Crippen molar-refractivity contribution in [1.82, 2.24) is 4.90 Å². The molecule has 144 valence electrons. The predicted molar refractivity (Wildman–Crippen MR) is 115 cm³/mol. The number of nitrogens with one attached hydrogen (secondary N) is 1. The molecule has 1 N–H and O–H groups in total. The molecule has 2 aromatic rings. The summed E-state index contributed by atoms with van der Waals surface area (Å²) in [7, 11) is 0. The fraction of sp³-hybridized carbons (Fsp3) is 0.300. The Morgan fingerprint density at radius 3 is 2.30 bits per heavy atom. The van der Waals surface area contributed by atoms with Crippen molar-refractivity contribution in [2.45, 2.75) is 19.6 Å². The van der Waals surface area contributed by atoms with E-state index in [1.807, 2.05) is 19.9 Å². The maximum atomic E-state index is 12.3. The van der Waals surface area contributed by atoms with E-state index in [2.05, 4.69) is 5.32 Å². The largest absolute Gasteiger partial charge is 0.339 e. The summed E-state index contributed by atoms with van der Waals surface area (Å²) in [5, 5.41) is 4.03. The van der Waals surface area contributed by atoms with Gasteiger partial charge in [0.25, 0.3) is 5.91 Å². The van der Waals surface area contributed by atoms with Crippen LogP contribution in [0.15, 0.2) is 42.5 Å². The summed E-state index contributed by atoms with van der Waals surface area (Å²) in [6.45, 7) is 5.24. The van der Waals surface area contributed by atoms with Crippen LogP contribution >= 0.6 is 35.0 Å². The summed E-state index contributed by atoms with van der Waals surface area (Å²) >= 11 is 13.5. The highest BCUT2D eigenvalue weighted by Gasteiger charge is 2.12. The Hall–Kier alpha value is -1.69. The van der Waals surface area contributed by atoms with E-state index in [1.165, 1.54) is 11.8 Å². The summed E-state index contributed by atoms with van der Waals surface area (Å²) in [5.41, 5.74) is 2.22. The summed E-state index contributed by atoms with van der Waals surface area (Å²) < 4.78 is 0. The molecule has 2 aromatic carbocycles. The van der Waals surface area contributed by atoms with Crippen LogP contribution in [0.4, 0.5) is 5.69 Å². The quantitative estimate of drug-likeness (QED) is 0.621. The normalized spacial score (nSPS) is 10.5. The highest BCUT2D eigenvalue weighted by molar-refractivity contribution is 7.99. The van der Waals surface area contributed by atoms with Crippen molar-refractivity contribution in [3.8, 4) is 0 Å². The molecule has 0 unspecified atom stereocenters. The van der Waals surface area contributed by atoms with E-state index in [0.29, 0.717) is 45.9 Å². The van der Waals surface area contributed by atoms with E-state index in [-0.39, 0.29) is 11.8 Å². The minimum absolute atomic E-state index is 0.00623. The molecule has 2 rings (SSSR count). The molecule has 2 amide bonds. The summed E-state index contributed by atoms with van der Waals surface area (Å²) in [6.07, 6.45) is 0. The SMILES string of the molecule is CCN(CC)C(=O)c1ccc(NC(=O)CSCc2ccc(Cl)cc2Cl)cc1. The van der Waals surface area contributed by atoms with Crippen molar-refractivity contribution < 1.29 is 9.59 Å². The van der Waals surface area contributed by atoms with Crippen LogP contribution in [-0.2, 0) is 10.5 Å². The van der Waals surface area contributed by atoms with Gasteiger partial charge in [0.05, 0.1) is 5.75 Å². The lowest BCUT2D eigenvalue weighted by Crippen LogP contribution is -2.30. The van der Waals surface area contributed by atoms with Crippen LogP contribution in [0.2, 0.25) is 10.0 Å². The monoisotopic (exact) mass is 424 g/mol. The number of hydrogen-bond acceptors (Lipinski definition) is 3. The van der Waals surface area contributed by atoms with Gasteiger partial charge in [0.1, 0.15) is 0 Å². The second kappa shape index (κ2) is 10.6. The molecule has 7 heteroatoms. The third-order valence-electron chi connectivity index (χ3n) is 3.97. The molecule has 0 radical (unpaired) electrons. The molecule has 4 nitrogen and oxygen atoms in total. The molecular weight excluding hydrogens is 403 g/mol. The van der Waals surface area contributed by atoms with Crippen molar-refractivity contribution >= 4 is 52.5 Å². The smallest absolute Gasteiger partial charge is 0.253 e. The lowest BCUT2D eigenvalue weighted by molar-refractivity contribution is -0.113. The maximum Gasteiger partial charge on any atom is 0.253 e. The Balaban J connectivity index is 1.84. The van der Waals surface area contributed by atoms with Crippen LogP contribution in [0.5, 0.6) is 0 Å². The second-order valence-corrected chi connectivity index (χ2v) is 7.66. The number of carbonyl (C=O) groups excluding carboxylic acids is 2. The van der Waals surface area contributed by atoms with Gasteiger partial charge in [0.15, 0.2) is 0 Å². The number of thioether (sulfide) groups is 1. The summed E-state index contributed by atoms with van der Waals surface area (Å²) in [4.78, 5) is 26.1. The molecule has 0 aliphatic heterocycles. The zero-order valence-electron chi connectivity index (χ0n) is 15.3. The summed E-state index contributed by atoms with van der Waals surface area (Å²) in [6, 6.07) is 12.3. The molecule has 0 aliphatic carbocycles. The number of amides is 2. The minimum atomic E-state index is -0.104. The first-order chi connectivity index (χ1) is 12.9. The van der Waals surface area contributed by atoms with Crippen LogP contribution < -0.4 is 5.32 Å². The molecule has 0 atom stereocenters. The molecule has 0 saturated heterocycles. The van der Waals surface area contributed by atoms with E-state index in [4.69, 9.17) is 23.2 Å². The Morgan fingerprint density at radius 2 is 1.70 bits per heavy atom. The molecule has 0 aliphatic rings. The fourth-order valence-electron chi connectivity index (χ4n) is 2.48. The van der Waals surface area contributed by atoms with E-state index in [0.717, 1.165) is 5.56 Å². The first-order valence-corrected chi connectivity index (χ1v) is 10.6. The topological polar surface area (TPSA) is 49.4 Å². The number of benzene rings is 2. The van der Waals surface area contributed by atoms with Gasteiger partial charge in [-0.3, -0.25) is 9.59 Å². The van der Waals surface area contributed by atoms with Gasteiger partial charge < -0.3 is 10.2 Å². The van der Waals surface area contributed by atoms with Gasteiger partial charge in [0.2, 0.25) is 5.91 Å². The van der Waals surface area contributed by atoms with Gasteiger partial charge in [-0.1, -0.05) is 29.3 Å². The second-order valence-electron chi connectivity index (χ2n) is 5.83. The van der Waals surface area contributed by atoms with E-state index < -0.39 is 0 Å². The van der Waals surface area contributed by atoms with Crippen molar-refractivity contribution in [3.05, 3.63) is 63.6 Å². The minimum Gasteiger partial charge on any atom is -0.339 e. The molecule has 0 spiro atoms. The van der Waals surface area contributed by atoms with E-state index >= 15 is 0 Å². The zero-order valence-corrected chi connectivity index (χ0v) is 17.6. The highest BCUT2D eigenvalue weighted by Crippen LogP contribution is 2.24. The number of anilines is 1. The van der Waals surface area contributed by atoms with E-state index in [9.17, 15) is 9.59 Å². The Bertz CT molecular complexity index is 793. The third-order valence-corrected chi connectivity index (χ3v) is 5.54. The summed E-state index contributed by atoms with van der Waals surface area (Å²) in [5.74, 6) is 0.820. The molecule has 0 saturated carbocycles. The highest BCUT2D eigenvalue weighted by atomic mass is 35.5. The van der Waals surface area contributed by atoms with Crippen molar-refractivity contribution in [1.29, 1.82) is 0 Å². The number of hydrogen-bond donors (Lipinski definition) is 1. The van der Waals surface area contributed by atoms with Gasteiger partial charge in [-0.2, -0.15) is 0 Å². The first-order valence-electron chi connectivity index (χ1n) is 8.65. The molecular formula is C20H22Cl2N2O2S. The van der Waals surface area contributed by atoms with E-state index in [1.54, 1.807) is 41.3 Å². The maximum absolute atomic E-state index is 12.3. The Morgan fingerprint density at radius 1 is 1.04 bits per heavy atom. The van der Waals surface area contributed by atoms with Gasteiger partial charge >= 0.3 is 0 Å².